The van der Waals surface area contributed by atoms with Gasteiger partial charge in [-0.2, -0.15) is 0 Å². The van der Waals surface area contributed by atoms with E-state index in [1.165, 1.54) is 6.92 Å². The molecule has 4 N–H and O–H groups in total. The van der Waals surface area contributed by atoms with Crippen LogP contribution in [0.2, 0.25) is 0 Å². The zero-order valence-corrected chi connectivity index (χ0v) is 5.61. The average Bonchev–Trinajstić information content (AvgIpc) is 1.81. The summed E-state index contributed by atoms with van der Waals surface area (Å²) in [6.07, 6.45) is -2.12. The summed E-state index contributed by atoms with van der Waals surface area (Å²) in [6.45, 7) is 1.00. The SMILES string of the molecule is C[C@@H](O)[C@@H](CO)NC(=O)O. The molecule has 5 nitrogen and oxygen atoms in total. The number of hydrogen-bond donors (Lipinski definition) is 4. The van der Waals surface area contributed by atoms with Crippen molar-refractivity contribution >= 4 is 6.09 Å². The summed E-state index contributed by atoms with van der Waals surface area (Å²) in [4.78, 5) is 9.94. The van der Waals surface area contributed by atoms with Gasteiger partial charge in [0.2, 0.25) is 0 Å². The Morgan fingerprint density at radius 3 is 2.30 bits per heavy atom. The van der Waals surface area contributed by atoms with E-state index in [1.807, 2.05) is 5.32 Å². The van der Waals surface area contributed by atoms with Crippen LogP contribution in [0.5, 0.6) is 0 Å². The maximum Gasteiger partial charge on any atom is 0.405 e. The normalized spacial score (nSPS) is 15.9. The molecule has 0 aromatic carbocycles. The van der Waals surface area contributed by atoms with E-state index in [2.05, 4.69) is 0 Å². The lowest BCUT2D eigenvalue weighted by Crippen LogP contribution is -2.43. The summed E-state index contributed by atoms with van der Waals surface area (Å²) < 4.78 is 0. The summed E-state index contributed by atoms with van der Waals surface area (Å²) in [5.74, 6) is 0. The first-order valence-electron chi connectivity index (χ1n) is 2.86. The lowest BCUT2D eigenvalue weighted by atomic mass is 10.2. The van der Waals surface area contributed by atoms with E-state index >= 15 is 0 Å². The smallest absolute Gasteiger partial charge is 0.405 e. The maximum absolute atomic E-state index is 9.94. The van der Waals surface area contributed by atoms with Gasteiger partial charge in [0.15, 0.2) is 0 Å². The number of rotatable bonds is 3. The van der Waals surface area contributed by atoms with Gasteiger partial charge in [-0.05, 0) is 6.92 Å². The highest BCUT2D eigenvalue weighted by Crippen LogP contribution is 1.89. The van der Waals surface area contributed by atoms with E-state index in [0.29, 0.717) is 0 Å². The Bertz CT molecular complexity index is 114. The lowest BCUT2D eigenvalue weighted by Gasteiger charge is -2.16. The molecule has 0 heterocycles. The first-order chi connectivity index (χ1) is 4.57. The molecule has 0 rings (SSSR count). The van der Waals surface area contributed by atoms with Crippen molar-refractivity contribution in [3.05, 3.63) is 0 Å². The number of aliphatic hydroxyl groups excluding tert-OH is 2. The molecule has 0 radical (unpaired) electrons. The van der Waals surface area contributed by atoms with E-state index in [-0.39, 0.29) is 0 Å². The van der Waals surface area contributed by atoms with Crippen molar-refractivity contribution in [2.75, 3.05) is 6.61 Å². The Hall–Kier alpha value is -0.810. The quantitative estimate of drug-likeness (QED) is 0.414. The maximum atomic E-state index is 9.94. The van der Waals surface area contributed by atoms with Crippen LogP contribution in [0.4, 0.5) is 4.79 Å². The largest absolute Gasteiger partial charge is 0.465 e. The minimum Gasteiger partial charge on any atom is -0.465 e. The van der Waals surface area contributed by atoms with Crippen LogP contribution in [0, 0.1) is 0 Å². The summed E-state index contributed by atoms with van der Waals surface area (Å²) in [6, 6.07) is -0.794. The van der Waals surface area contributed by atoms with Gasteiger partial charge in [0.1, 0.15) is 0 Å². The van der Waals surface area contributed by atoms with E-state index in [9.17, 15) is 4.79 Å². The highest BCUT2D eigenvalue weighted by atomic mass is 16.4. The summed E-state index contributed by atoms with van der Waals surface area (Å²) in [5.41, 5.74) is 0. The van der Waals surface area contributed by atoms with Crippen LogP contribution < -0.4 is 5.32 Å². The third kappa shape index (κ3) is 3.26. The van der Waals surface area contributed by atoms with Crippen molar-refractivity contribution in [3.8, 4) is 0 Å². The van der Waals surface area contributed by atoms with Gasteiger partial charge in [-0.1, -0.05) is 0 Å². The van der Waals surface area contributed by atoms with Crippen LogP contribution in [0.1, 0.15) is 6.92 Å². The third-order valence-electron chi connectivity index (χ3n) is 1.09. The summed E-state index contributed by atoms with van der Waals surface area (Å²) >= 11 is 0. The molecule has 0 bridgehead atoms. The molecule has 0 aliphatic rings. The fourth-order valence-electron chi connectivity index (χ4n) is 0.477. The van der Waals surface area contributed by atoms with Gasteiger partial charge in [-0.3, -0.25) is 0 Å². The Morgan fingerprint density at radius 2 is 2.20 bits per heavy atom. The van der Waals surface area contributed by atoms with Crippen LogP contribution in [0.15, 0.2) is 0 Å². The predicted molar refractivity (Wildman–Crippen MR) is 33.7 cm³/mol. The first-order valence-corrected chi connectivity index (χ1v) is 2.86. The van der Waals surface area contributed by atoms with Crippen LogP contribution >= 0.6 is 0 Å². The van der Waals surface area contributed by atoms with Crippen molar-refractivity contribution in [1.29, 1.82) is 0 Å². The van der Waals surface area contributed by atoms with Gasteiger partial charge in [-0.15, -0.1) is 0 Å². The Kier molecular flexibility index (Phi) is 3.75. The van der Waals surface area contributed by atoms with Crippen LogP contribution in [0.25, 0.3) is 0 Å². The standard InChI is InChI=1S/C5H11NO4/c1-3(8)4(2-7)6-5(9)10/h3-4,6-8H,2H2,1H3,(H,9,10)/t3-,4-/m1/s1. The van der Waals surface area contributed by atoms with Crippen LogP contribution in [-0.2, 0) is 0 Å². The number of carboxylic acid groups (broad SMARTS) is 1. The van der Waals surface area contributed by atoms with E-state index in [0.717, 1.165) is 0 Å². The number of hydrogen-bond acceptors (Lipinski definition) is 3. The molecular weight excluding hydrogens is 138 g/mol. The molecule has 60 valence electrons. The van der Waals surface area contributed by atoms with E-state index in [1.54, 1.807) is 0 Å². The molecule has 0 aromatic rings. The molecule has 1 amide bonds. The molecule has 0 aliphatic carbocycles. The molecular formula is C5H11NO4. The van der Waals surface area contributed by atoms with Gasteiger partial charge in [0.05, 0.1) is 18.8 Å². The Balaban J connectivity index is 3.71. The first kappa shape index (κ1) is 9.19. The van der Waals surface area contributed by atoms with Gasteiger partial charge >= 0.3 is 6.09 Å². The number of amides is 1. The van der Waals surface area contributed by atoms with Crippen LogP contribution in [0.3, 0.4) is 0 Å². The fourth-order valence-corrected chi connectivity index (χ4v) is 0.477. The number of nitrogens with one attached hydrogen (secondary N) is 1. The molecule has 0 fully saturated rings. The molecule has 0 aliphatic heterocycles. The van der Waals surface area contributed by atoms with Gasteiger partial charge in [0.25, 0.3) is 0 Å². The molecule has 5 heteroatoms. The van der Waals surface area contributed by atoms with Crippen molar-refractivity contribution in [2.45, 2.75) is 19.1 Å². The van der Waals surface area contributed by atoms with Gasteiger partial charge in [0, 0.05) is 0 Å². The Labute approximate surface area is 58.3 Å². The molecule has 0 saturated heterocycles. The van der Waals surface area contributed by atoms with Crippen LogP contribution in [-0.4, -0.2) is 40.2 Å². The zero-order chi connectivity index (χ0) is 8.15. The minimum atomic E-state index is -1.25. The van der Waals surface area contributed by atoms with Gasteiger partial charge in [-0.25, -0.2) is 4.79 Å². The minimum absolute atomic E-state index is 0.399. The van der Waals surface area contributed by atoms with E-state index in [4.69, 9.17) is 15.3 Å². The molecule has 10 heavy (non-hydrogen) atoms. The monoisotopic (exact) mass is 149 g/mol. The molecule has 0 unspecified atom stereocenters. The third-order valence-corrected chi connectivity index (χ3v) is 1.09. The number of aliphatic hydroxyl groups is 2. The molecule has 0 aromatic heterocycles. The van der Waals surface area contributed by atoms with Gasteiger partial charge < -0.3 is 20.6 Å². The second-order valence-corrected chi connectivity index (χ2v) is 1.98. The second-order valence-electron chi connectivity index (χ2n) is 1.98. The summed E-state index contributed by atoms with van der Waals surface area (Å²) in [5, 5.41) is 27.3. The van der Waals surface area contributed by atoms with Crippen molar-refractivity contribution in [3.63, 3.8) is 0 Å². The fraction of sp³-hybridized carbons (Fsp3) is 0.800. The number of carbonyl (C=O) groups is 1. The average molecular weight is 149 g/mol. The highest BCUT2D eigenvalue weighted by molar-refractivity contribution is 5.64. The van der Waals surface area contributed by atoms with Crippen molar-refractivity contribution in [2.24, 2.45) is 0 Å². The predicted octanol–water partition coefficient (Wildman–Crippen LogP) is -1.00. The molecule has 0 saturated carbocycles. The second kappa shape index (κ2) is 4.08. The van der Waals surface area contributed by atoms with E-state index < -0.39 is 24.8 Å². The highest BCUT2D eigenvalue weighted by Gasteiger charge is 2.14. The topological polar surface area (TPSA) is 89.8 Å². The molecule has 2 atom stereocenters. The zero-order valence-electron chi connectivity index (χ0n) is 5.61. The Morgan fingerprint density at radius 1 is 1.70 bits per heavy atom. The van der Waals surface area contributed by atoms with Crippen molar-refractivity contribution < 1.29 is 20.1 Å². The van der Waals surface area contributed by atoms with Crippen molar-refractivity contribution in [1.82, 2.24) is 5.32 Å². The molecule has 0 spiro atoms. The lowest BCUT2D eigenvalue weighted by molar-refractivity contribution is 0.0988. The summed E-state index contributed by atoms with van der Waals surface area (Å²) in [7, 11) is 0.